The molecule has 1 rings (SSSR count). The fraction of sp³-hybridized carbons (Fsp3) is 0.583. The largest absolute Gasteiger partial charge is 0.338 e. The summed E-state index contributed by atoms with van der Waals surface area (Å²) in [6.45, 7) is 4.48. The van der Waals surface area contributed by atoms with Gasteiger partial charge in [-0.05, 0) is 24.8 Å². The molecule has 3 nitrogen and oxygen atoms in total. The smallest absolute Gasteiger partial charge is 0.227 e. The molecule has 1 heterocycles. The second kappa shape index (κ2) is 6.01. The Morgan fingerprint density at radius 3 is 2.75 bits per heavy atom. The first-order chi connectivity index (χ1) is 7.61. The summed E-state index contributed by atoms with van der Waals surface area (Å²) < 4.78 is 0. The third-order valence-corrected chi connectivity index (χ3v) is 4.05. The molecule has 2 unspecified atom stereocenters. The van der Waals surface area contributed by atoms with Gasteiger partial charge in [-0.2, -0.15) is 0 Å². The van der Waals surface area contributed by atoms with E-state index in [4.69, 9.17) is 5.73 Å². The van der Waals surface area contributed by atoms with Gasteiger partial charge in [-0.3, -0.25) is 4.79 Å². The number of rotatable bonds is 5. The molecule has 2 atom stereocenters. The molecule has 90 valence electrons. The van der Waals surface area contributed by atoms with Gasteiger partial charge in [0.05, 0.1) is 12.0 Å². The molecule has 1 aromatic heterocycles. The highest BCUT2D eigenvalue weighted by Gasteiger charge is 2.23. The van der Waals surface area contributed by atoms with E-state index in [0.717, 1.165) is 6.42 Å². The van der Waals surface area contributed by atoms with Gasteiger partial charge in [0.25, 0.3) is 0 Å². The van der Waals surface area contributed by atoms with Gasteiger partial charge in [0.1, 0.15) is 0 Å². The van der Waals surface area contributed by atoms with E-state index >= 15 is 0 Å². The third kappa shape index (κ3) is 2.83. The van der Waals surface area contributed by atoms with Gasteiger partial charge in [-0.15, -0.1) is 11.3 Å². The highest BCUT2D eigenvalue weighted by Crippen LogP contribution is 2.24. The average molecular weight is 240 g/mol. The normalized spacial score (nSPS) is 14.5. The van der Waals surface area contributed by atoms with E-state index in [1.807, 2.05) is 32.3 Å². The maximum Gasteiger partial charge on any atom is 0.227 e. The minimum Gasteiger partial charge on any atom is -0.338 e. The fourth-order valence-corrected chi connectivity index (χ4v) is 2.47. The number of carbonyl (C=O) groups excluding carboxylic acids is 1. The van der Waals surface area contributed by atoms with Gasteiger partial charge in [-0.1, -0.05) is 13.0 Å². The Hall–Kier alpha value is -0.870. The van der Waals surface area contributed by atoms with E-state index in [1.165, 1.54) is 4.88 Å². The lowest BCUT2D eigenvalue weighted by Gasteiger charge is -2.27. The predicted molar refractivity (Wildman–Crippen MR) is 68.3 cm³/mol. The zero-order valence-corrected chi connectivity index (χ0v) is 11.0. The van der Waals surface area contributed by atoms with Crippen molar-refractivity contribution < 1.29 is 4.79 Å². The van der Waals surface area contributed by atoms with Crippen molar-refractivity contribution in [1.29, 1.82) is 0 Å². The molecule has 4 heteroatoms. The monoisotopic (exact) mass is 240 g/mol. The van der Waals surface area contributed by atoms with Crippen molar-refractivity contribution in [3.05, 3.63) is 22.4 Å². The van der Waals surface area contributed by atoms with Crippen LogP contribution >= 0.6 is 11.3 Å². The van der Waals surface area contributed by atoms with Crippen LogP contribution in [0, 0.1) is 5.92 Å². The number of nitrogens with zero attached hydrogens (tertiary/aromatic N) is 1. The molecule has 0 spiro atoms. The molecule has 0 aromatic carbocycles. The van der Waals surface area contributed by atoms with Crippen LogP contribution in [0.5, 0.6) is 0 Å². The van der Waals surface area contributed by atoms with Gasteiger partial charge in [0.15, 0.2) is 0 Å². The summed E-state index contributed by atoms with van der Waals surface area (Å²) in [5, 5.41) is 2.03. The van der Waals surface area contributed by atoms with Crippen LogP contribution in [0.15, 0.2) is 17.5 Å². The van der Waals surface area contributed by atoms with Crippen LogP contribution in [0.4, 0.5) is 0 Å². The van der Waals surface area contributed by atoms with Crippen molar-refractivity contribution in [3.63, 3.8) is 0 Å². The lowest BCUT2D eigenvalue weighted by atomic mass is 10.0. The van der Waals surface area contributed by atoms with Crippen LogP contribution in [0.3, 0.4) is 0 Å². The Morgan fingerprint density at radius 1 is 1.62 bits per heavy atom. The van der Waals surface area contributed by atoms with Crippen LogP contribution in [-0.4, -0.2) is 24.4 Å². The van der Waals surface area contributed by atoms with E-state index in [-0.39, 0.29) is 17.9 Å². The SMILES string of the molecule is CCC(CN)C(=O)N(C)C(C)c1cccs1. The Labute approximate surface area is 101 Å². The summed E-state index contributed by atoms with van der Waals surface area (Å²) in [7, 11) is 1.85. The number of carbonyl (C=O) groups is 1. The second-order valence-corrected chi connectivity index (χ2v) is 4.96. The number of hydrogen-bond acceptors (Lipinski definition) is 3. The number of nitrogens with two attached hydrogens (primary N) is 1. The van der Waals surface area contributed by atoms with Gasteiger partial charge in [-0.25, -0.2) is 0 Å². The van der Waals surface area contributed by atoms with Crippen molar-refractivity contribution in [2.45, 2.75) is 26.3 Å². The van der Waals surface area contributed by atoms with Gasteiger partial charge in [0.2, 0.25) is 5.91 Å². The summed E-state index contributed by atoms with van der Waals surface area (Å²) in [6.07, 6.45) is 0.802. The highest BCUT2D eigenvalue weighted by atomic mass is 32.1. The lowest BCUT2D eigenvalue weighted by Crippen LogP contribution is -2.37. The number of hydrogen-bond donors (Lipinski definition) is 1. The molecule has 0 fully saturated rings. The summed E-state index contributed by atoms with van der Waals surface area (Å²) in [6, 6.07) is 4.20. The van der Waals surface area contributed by atoms with E-state index in [2.05, 4.69) is 6.07 Å². The standard InChI is InChI=1S/C12H20N2OS/c1-4-10(8-13)12(15)14(3)9(2)11-6-5-7-16-11/h5-7,9-10H,4,8,13H2,1-3H3. The maximum atomic E-state index is 12.1. The summed E-state index contributed by atoms with van der Waals surface area (Å²) in [4.78, 5) is 15.1. The molecular weight excluding hydrogens is 220 g/mol. The molecule has 0 aliphatic heterocycles. The molecule has 0 bridgehead atoms. The number of amides is 1. The maximum absolute atomic E-state index is 12.1. The van der Waals surface area contributed by atoms with E-state index in [9.17, 15) is 4.79 Å². The van der Waals surface area contributed by atoms with Gasteiger partial charge >= 0.3 is 0 Å². The number of thiophene rings is 1. The quantitative estimate of drug-likeness (QED) is 0.858. The van der Waals surface area contributed by atoms with Crippen molar-refractivity contribution in [3.8, 4) is 0 Å². The molecule has 0 radical (unpaired) electrons. The molecular formula is C12H20N2OS. The minimum absolute atomic E-state index is 0.0487. The molecule has 0 aliphatic rings. The lowest BCUT2D eigenvalue weighted by molar-refractivity contribution is -0.135. The molecule has 1 aromatic rings. The predicted octanol–water partition coefficient (Wildman–Crippen LogP) is 2.25. The van der Waals surface area contributed by atoms with Crippen LogP contribution < -0.4 is 5.73 Å². The summed E-state index contributed by atoms with van der Waals surface area (Å²) in [5.41, 5.74) is 5.60. The first-order valence-corrected chi connectivity index (χ1v) is 6.49. The van der Waals surface area contributed by atoms with E-state index in [0.29, 0.717) is 6.54 Å². The van der Waals surface area contributed by atoms with Gasteiger partial charge < -0.3 is 10.6 Å². The second-order valence-electron chi connectivity index (χ2n) is 3.98. The molecule has 1 amide bonds. The van der Waals surface area contributed by atoms with Crippen LogP contribution in [0.2, 0.25) is 0 Å². The van der Waals surface area contributed by atoms with Gasteiger partial charge in [0, 0.05) is 18.5 Å². The zero-order chi connectivity index (χ0) is 12.1. The third-order valence-electron chi connectivity index (χ3n) is 3.01. The van der Waals surface area contributed by atoms with Crippen LogP contribution in [-0.2, 0) is 4.79 Å². The molecule has 0 saturated heterocycles. The van der Waals surface area contributed by atoms with E-state index < -0.39 is 0 Å². The molecule has 0 saturated carbocycles. The van der Waals surface area contributed by atoms with Crippen LogP contribution in [0.25, 0.3) is 0 Å². The van der Waals surface area contributed by atoms with Crippen molar-refractivity contribution in [1.82, 2.24) is 4.90 Å². The fourth-order valence-electron chi connectivity index (χ4n) is 1.64. The Balaban J connectivity index is 2.70. The molecule has 2 N–H and O–H groups in total. The zero-order valence-electron chi connectivity index (χ0n) is 10.1. The highest BCUT2D eigenvalue weighted by molar-refractivity contribution is 7.10. The van der Waals surface area contributed by atoms with Crippen LogP contribution in [0.1, 0.15) is 31.2 Å². The van der Waals surface area contributed by atoms with Crippen molar-refractivity contribution >= 4 is 17.2 Å². The molecule has 16 heavy (non-hydrogen) atoms. The summed E-state index contributed by atoms with van der Waals surface area (Å²) >= 11 is 1.68. The van der Waals surface area contributed by atoms with E-state index in [1.54, 1.807) is 16.2 Å². The Kier molecular flexibility index (Phi) is 4.96. The first-order valence-electron chi connectivity index (χ1n) is 5.61. The topological polar surface area (TPSA) is 46.3 Å². The average Bonchev–Trinajstić information content (AvgIpc) is 2.82. The minimum atomic E-state index is -0.0487. The Bertz CT molecular complexity index is 320. The summed E-state index contributed by atoms with van der Waals surface area (Å²) in [5.74, 6) is 0.0957. The van der Waals surface area contributed by atoms with Crippen molar-refractivity contribution in [2.24, 2.45) is 11.7 Å². The molecule has 0 aliphatic carbocycles. The van der Waals surface area contributed by atoms with Crippen molar-refractivity contribution in [2.75, 3.05) is 13.6 Å². The first kappa shape index (κ1) is 13.2. The Morgan fingerprint density at radius 2 is 2.31 bits per heavy atom.